The number of amides is 1. The van der Waals surface area contributed by atoms with Gasteiger partial charge in [-0.3, -0.25) is 4.79 Å². The molecule has 0 aromatic carbocycles. The van der Waals surface area contributed by atoms with E-state index in [9.17, 15) is 4.79 Å². The van der Waals surface area contributed by atoms with Crippen molar-refractivity contribution in [2.45, 2.75) is 26.8 Å². The summed E-state index contributed by atoms with van der Waals surface area (Å²) in [7, 11) is 0. The van der Waals surface area contributed by atoms with E-state index >= 15 is 0 Å². The van der Waals surface area contributed by atoms with Crippen LogP contribution >= 0.6 is 0 Å². The smallest absolute Gasteiger partial charge is 0.248 e. The highest BCUT2D eigenvalue weighted by atomic mass is 16.5. The Morgan fingerprint density at radius 2 is 2.21 bits per heavy atom. The minimum Gasteiger partial charge on any atom is -0.370 e. The van der Waals surface area contributed by atoms with Gasteiger partial charge in [-0.15, -0.1) is 0 Å². The second kappa shape index (κ2) is 4.28. The van der Waals surface area contributed by atoms with Gasteiger partial charge in [-0.05, 0) is 5.41 Å². The van der Waals surface area contributed by atoms with Gasteiger partial charge < -0.3 is 15.4 Å². The van der Waals surface area contributed by atoms with Gasteiger partial charge in [-0.2, -0.15) is 0 Å². The predicted molar refractivity (Wildman–Crippen MR) is 54.8 cm³/mol. The first-order valence-corrected chi connectivity index (χ1v) is 5.02. The van der Waals surface area contributed by atoms with Crippen LogP contribution in [-0.4, -0.2) is 43.2 Å². The highest BCUT2D eigenvalue weighted by Gasteiger charge is 2.26. The number of morpholine rings is 1. The van der Waals surface area contributed by atoms with Gasteiger partial charge in [-0.1, -0.05) is 20.8 Å². The number of rotatable bonds is 2. The summed E-state index contributed by atoms with van der Waals surface area (Å²) in [6, 6.07) is 0.0181. The average molecular weight is 200 g/mol. The number of ether oxygens (including phenoxy) is 1. The van der Waals surface area contributed by atoms with E-state index in [0.29, 0.717) is 19.7 Å². The summed E-state index contributed by atoms with van der Waals surface area (Å²) in [5, 5.41) is 0. The Morgan fingerprint density at radius 1 is 1.57 bits per heavy atom. The number of nitrogens with two attached hydrogens (primary N) is 1. The van der Waals surface area contributed by atoms with Gasteiger partial charge >= 0.3 is 0 Å². The largest absolute Gasteiger partial charge is 0.370 e. The molecule has 1 aliphatic heterocycles. The van der Waals surface area contributed by atoms with Crippen LogP contribution < -0.4 is 5.73 Å². The average Bonchev–Trinajstić information content (AvgIpc) is 2.07. The molecule has 4 heteroatoms. The Bertz CT molecular complexity index is 211. The van der Waals surface area contributed by atoms with Crippen LogP contribution in [0.3, 0.4) is 0 Å². The normalized spacial score (nSPS) is 21.1. The third-order valence-electron chi connectivity index (χ3n) is 2.61. The molecule has 0 spiro atoms. The van der Waals surface area contributed by atoms with Crippen molar-refractivity contribution in [2.75, 3.05) is 26.3 Å². The summed E-state index contributed by atoms with van der Waals surface area (Å²) in [6.07, 6.45) is 0. The highest BCUT2D eigenvalue weighted by Crippen LogP contribution is 2.18. The van der Waals surface area contributed by atoms with Gasteiger partial charge in [0.05, 0.1) is 6.61 Å². The Kier molecular flexibility index (Phi) is 3.50. The van der Waals surface area contributed by atoms with E-state index in [1.54, 1.807) is 4.90 Å². The van der Waals surface area contributed by atoms with E-state index < -0.39 is 0 Å². The predicted octanol–water partition coefficient (Wildman–Crippen LogP) is 0.219. The van der Waals surface area contributed by atoms with Crippen LogP contribution in [0.15, 0.2) is 0 Å². The van der Waals surface area contributed by atoms with Crippen LogP contribution in [0.2, 0.25) is 0 Å². The highest BCUT2D eigenvalue weighted by molar-refractivity contribution is 5.78. The molecule has 2 N–H and O–H groups in total. The lowest BCUT2D eigenvalue weighted by molar-refractivity contribution is -0.143. The van der Waals surface area contributed by atoms with Gasteiger partial charge in [0.25, 0.3) is 0 Å². The molecule has 0 radical (unpaired) electrons. The molecular weight excluding hydrogens is 180 g/mol. The molecule has 82 valence electrons. The van der Waals surface area contributed by atoms with E-state index in [0.717, 1.165) is 0 Å². The molecule has 1 unspecified atom stereocenters. The quantitative estimate of drug-likeness (QED) is 0.693. The van der Waals surface area contributed by atoms with Crippen molar-refractivity contribution in [3.05, 3.63) is 0 Å². The summed E-state index contributed by atoms with van der Waals surface area (Å²) in [6.45, 7) is 8.39. The van der Waals surface area contributed by atoms with Crippen LogP contribution in [0.4, 0.5) is 0 Å². The standard InChI is InChI=1S/C10H20N2O2/c1-10(2,3)8(11)6-12-4-5-14-7-9(12)13/h8H,4-7,11H2,1-3H3. The minimum absolute atomic E-state index is 0.0181. The molecule has 1 saturated heterocycles. The molecule has 1 aliphatic rings. The SMILES string of the molecule is CC(C)(C)C(N)CN1CCOCC1=O. The van der Waals surface area contributed by atoms with Crippen molar-refractivity contribution >= 4 is 5.91 Å². The number of hydrogen-bond donors (Lipinski definition) is 1. The van der Waals surface area contributed by atoms with Gasteiger partial charge in [0, 0.05) is 19.1 Å². The van der Waals surface area contributed by atoms with E-state index in [4.69, 9.17) is 10.5 Å². The fraction of sp³-hybridized carbons (Fsp3) is 0.900. The molecule has 0 bridgehead atoms. The zero-order valence-electron chi connectivity index (χ0n) is 9.25. The molecule has 1 fully saturated rings. The van der Waals surface area contributed by atoms with Gasteiger partial charge in [0.1, 0.15) is 6.61 Å². The lowest BCUT2D eigenvalue weighted by Gasteiger charge is -2.34. The van der Waals surface area contributed by atoms with E-state index in [2.05, 4.69) is 20.8 Å². The maximum atomic E-state index is 11.4. The number of hydrogen-bond acceptors (Lipinski definition) is 3. The molecule has 4 nitrogen and oxygen atoms in total. The Hall–Kier alpha value is -0.610. The van der Waals surface area contributed by atoms with Crippen LogP contribution in [-0.2, 0) is 9.53 Å². The molecule has 0 aromatic rings. The maximum Gasteiger partial charge on any atom is 0.248 e. The first-order chi connectivity index (χ1) is 6.41. The summed E-state index contributed by atoms with van der Waals surface area (Å²) >= 11 is 0. The molecule has 0 aromatic heterocycles. The topological polar surface area (TPSA) is 55.6 Å². The number of nitrogens with zero attached hydrogens (tertiary/aromatic N) is 1. The first kappa shape index (κ1) is 11.5. The molecule has 14 heavy (non-hydrogen) atoms. The van der Waals surface area contributed by atoms with Crippen LogP contribution in [0.25, 0.3) is 0 Å². The molecular formula is C10H20N2O2. The van der Waals surface area contributed by atoms with E-state index in [1.165, 1.54) is 0 Å². The molecule has 0 saturated carbocycles. The Labute approximate surface area is 85.4 Å². The monoisotopic (exact) mass is 200 g/mol. The Morgan fingerprint density at radius 3 is 2.71 bits per heavy atom. The van der Waals surface area contributed by atoms with Crippen LogP contribution in [0.5, 0.6) is 0 Å². The fourth-order valence-electron chi connectivity index (χ4n) is 1.25. The zero-order valence-corrected chi connectivity index (χ0v) is 9.25. The van der Waals surface area contributed by atoms with Gasteiger partial charge in [-0.25, -0.2) is 0 Å². The zero-order chi connectivity index (χ0) is 10.8. The van der Waals surface area contributed by atoms with Crippen molar-refractivity contribution in [3.8, 4) is 0 Å². The van der Waals surface area contributed by atoms with Crippen molar-refractivity contribution in [1.29, 1.82) is 0 Å². The van der Waals surface area contributed by atoms with Crippen molar-refractivity contribution < 1.29 is 9.53 Å². The Balaban J connectivity index is 2.46. The van der Waals surface area contributed by atoms with E-state index in [-0.39, 0.29) is 24.0 Å². The van der Waals surface area contributed by atoms with Gasteiger partial charge in [0.2, 0.25) is 5.91 Å². The van der Waals surface area contributed by atoms with E-state index in [1.807, 2.05) is 0 Å². The number of carbonyl (C=O) groups is 1. The summed E-state index contributed by atoms with van der Waals surface area (Å²) in [4.78, 5) is 13.2. The third-order valence-corrected chi connectivity index (χ3v) is 2.61. The summed E-state index contributed by atoms with van der Waals surface area (Å²) in [5.74, 6) is 0.0518. The lowest BCUT2D eigenvalue weighted by atomic mass is 9.87. The van der Waals surface area contributed by atoms with Crippen molar-refractivity contribution in [2.24, 2.45) is 11.1 Å². The maximum absolute atomic E-state index is 11.4. The number of carbonyl (C=O) groups excluding carboxylic acids is 1. The van der Waals surface area contributed by atoms with Crippen LogP contribution in [0.1, 0.15) is 20.8 Å². The molecule has 0 aliphatic carbocycles. The third kappa shape index (κ3) is 2.96. The fourth-order valence-corrected chi connectivity index (χ4v) is 1.25. The molecule has 1 heterocycles. The molecule has 1 atom stereocenters. The van der Waals surface area contributed by atoms with Crippen LogP contribution in [0, 0.1) is 5.41 Å². The molecule has 1 amide bonds. The second-order valence-electron chi connectivity index (χ2n) is 4.86. The minimum atomic E-state index is 0.0181. The summed E-state index contributed by atoms with van der Waals surface area (Å²) in [5.41, 5.74) is 6.05. The molecule has 1 rings (SSSR count). The van der Waals surface area contributed by atoms with Crippen molar-refractivity contribution in [1.82, 2.24) is 4.90 Å². The van der Waals surface area contributed by atoms with Gasteiger partial charge in [0.15, 0.2) is 0 Å². The lowest BCUT2D eigenvalue weighted by Crippen LogP contribution is -2.51. The second-order valence-corrected chi connectivity index (χ2v) is 4.86. The summed E-state index contributed by atoms with van der Waals surface area (Å²) < 4.78 is 5.05. The van der Waals surface area contributed by atoms with Crippen molar-refractivity contribution in [3.63, 3.8) is 0 Å². The first-order valence-electron chi connectivity index (χ1n) is 5.02.